The van der Waals surface area contributed by atoms with Crippen LogP contribution in [0.1, 0.15) is 36.5 Å². The third-order valence-corrected chi connectivity index (χ3v) is 4.92. The first-order valence-electron chi connectivity index (χ1n) is 9.23. The van der Waals surface area contributed by atoms with E-state index in [1.807, 2.05) is 0 Å². The summed E-state index contributed by atoms with van der Waals surface area (Å²) in [5.41, 5.74) is 7.32. The topological polar surface area (TPSA) is 17.8 Å². The molecule has 0 aliphatic rings. The molecule has 2 nitrogen and oxygen atoms in total. The predicted octanol–water partition coefficient (Wildman–Crippen LogP) is 6.18. The van der Waals surface area contributed by atoms with Crippen molar-refractivity contribution in [2.24, 2.45) is 0 Å². The minimum absolute atomic E-state index is 0.556. The molecule has 0 fully saturated rings. The first-order chi connectivity index (χ1) is 12.6. The summed E-state index contributed by atoms with van der Waals surface area (Å²) < 4.78 is 2.33. The van der Waals surface area contributed by atoms with Crippen molar-refractivity contribution in [2.45, 2.75) is 33.2 Å². The molecular weight excluding hydrogens is 316 g/mol. The lowest BCUT2D eigenvalue weighted by atomic mass is 10.0. The molecule has 0 aliphatic carbocycles. The van der Waals surface area contributed by atoms with Gasteiger partial charge in [0.2, 0.25) is 0 Å². The predicted molar refractivity (Wildman–Crippen MR) is 110 cm³/mol. The fourth-order valence-electron chi connectivity index (χ4n) is 3.43. The number of benzene rings is 3. The lowest BCUT2D eigenvalue weighted by Gasteiger charge is -2.12. The maximum atomic E-state index is 4.93. The van der Waals surface area contributed by atoms with Gasteiger partial charge in [-0.2, -0.15) is 0 Å². The molecule has 0 amide bonds. The van der Waals surface area contributed by atoms with Crippen LogP contribution in [0.15, 0.2) is 72.8 Å². The van der Waals surface area contributed by atoms with E-state index in [0.29, 0.717) is 5.92 Å². The molecule has 0 aliphatic heterocycles. The molecular formula is C24H24N2. The average molecular weight is 340 g/mol. The van der Waals surface area contributed by atoms with Crippen LogP contribution in [0.2, 0.25) is 0 Å². The van der Waals surface area contributed by atoms with Crippen molar-refractivity contribution in [1.29, 1.82) is 0 Å². The first-order valence-corrected chi connectivity index (χ1v) is 9.23. The molecule has 0 N–H and O–H groups in total. The van der Waals surface area contributed by atoms with Crippen molar-refractivity contribution in [1.82, 2.24) is 9.55 Å². The summed E-state index contributed by atoms with van der Waals surface area (Å²) in [6.07, 6.45) is 0. The van der Waals surface area contributed by atoms with Gasteiger partial charge in [0.25, 0.3) is 0 Å². The van der Waals surface area contributed by atoms with E-state index in [4.69, 9.17) is 4.98 Å². The molecule has 0 bridgehead atoms. The first kappa shape index (κ1) is 16.6. The Labute approximate surface area is 155 Å². The zero-order valence-electron chi connectivity index (χ0n) is 15.6. The normalized spacial score (nSPS) is 11.4. The summed E-state index contributed by atoms with van der Waals surface area (Å²) in [5.74, 6) is 1.59. The van der Waals surface area contributed by atoms with Gasteiger partial charge in [-0.05, 0) is 42.2 Å². The third kappa shape index (κ3) is 3.15. The van der Waals surface area contributed by atoms with Gasteiger partial charge in [0.15, 0.2) is 0 Å². The molecule has 0 saturated heterocycles. The minimum Gasteiger partial charge on any atom is -0.319 e. The Morgan fingerprint density at radius 1 is 0.885 bits per heavy atom. The second kappa shape index (κ2) is 6.80. The molecule has 0 spiro atoms. The number of imidazole rings is 1. The largest absolute Gasteiger partial charge is 0.319 e. The molecule has 1 aromatic heterocycles. The summed E-state index contributed by atoms with van der Waals surface area (Å²) in [6.45, 7) is 7.41. The maximum absolute atomic E-state index is 4.93. The highest BCUT2D eigenvalue weighted by molar-refractivity contribution is 5.80. The van der Waals surface area contributed by atoms with E-state index in [1.54, 1.807) is 0 Å². The van der Waals surface area contributed by atoms with Gasteiger partial charge in [0.1, 0.15) is 5.82 Å². The Morgan fingerprint density at radius 3 is 2.38 bits per heavy atom. The SMILES string of the molecule is Cc1cccc(-c2nc3ccccc3n2Cc2ccc(C(C)C)cc2)c1. The number of hydrogen-bond donors (Lipinski definition) is 0. The standard InChI is InChI=1S/C24H24N2/c1-17(2)20-13-11-19(12-14-20)16-26-23-10-5-4-9-22(23)25-24(26)21-8-6-7-18(3)15-21/h4-15,17H,16H2,1-3H3. The summed E-state index contributed by atoms with van der Waals surface area (Å²) in [5, 5.41) is 0. The minimum atomic E-state index is 0.556. The van der Waals surface area contributed by atoms with Gasteiger partial charge >= 0.3 is 0 Å². The van der Waals surface area contributed by atoms with E-state index in [2.05, 4.69) is 98.1 Å². The van der Waals surface area contributed by atoms with E-state index < -0.39 is 0 Å². The Hall–Kier alpha value is -2.87. The second-order valence-corrected chi connectivity index (χ2v) is 7.28. The van der Waals surface area contributed by atoms with Crippen LogP contribution in [0.5, 0.6) is 0 Å². The molecule has 26 heavy (non-hydrogen) atoms. The van der Waals surface area contributed by atoms with Gasteiger partial charge in [0, 0.05) is 12.1 Å². The van der Waals surface area contributed by atoms with Crippen molar-refractivity contribution in [3.05, 3.63) is 89.5 Å². The lowest BCUT2D eigenvalue weighted by Crippen LogP contribution is -2.02. The lowest BCUT2D eigenvalue weighted by molar-refractivity contribution is 0.827. The van der Waals surface area contributed by atoms with E-state index in [-0.39, 0.29) is 0 Å². The number of aryl methyl sites for hydroxylation is 1. The molecule has 0 saturated carbocycles. The molecule has 0 unspecified atom stereocenters. The monoisotopic (exact) mass is 340 g/mol. The maximum Gasteiger partial charge on any atom is 0.141 e. The van der Waals surface area contributed by atoms with Crippen molar-refractivity contribution >= 4 is 11.0 Å². The van der Waals surface area contributed by atoms with E-state index in [1.165, 1.54) is 27.8 Å². The van der Waals surface area contributed by atoms with Crippen molar-refractivity contribution in [3.8, 4) is 11.4 Å². The zero-order chi connectivity index (χ0) is 18.1. The number of fused-ring (bicyclic) bond motifs is 1. The van der Waals surface area contributed by atoms with Gasteiger partial charge in [0.05, 0.1) is 11.0 Å². The van der Waals surface area contributed by atoms with Crippen LogP contribution >= 0.6 is 0 Å². The molecule has 130 valence electrons. The molecule has 4 aromatic rings. The highest BCUT2D eigenvalue weighted by Gasteiger charge is 2.13. The average Bonchev–Trinajstić information content (AvgIpc) is 3.01. The second-order valence-electron chi connectivity index (χ2n) is 7.28. The Morgan fingerprint density at radius 2 is 1.65 bits per heavy atom. The van der Waals surface area contributed by atoms with Crippen LogP contribution in [0.4, 0.5) is 0 Å². The van der Waals surface area contributed by atoms with Gasteiger partial charge in [-0.25, -0.2) is 4.98 Å². The van der Waals surface area contributed by atoms with E-state index in [9.17, 15) is 0 Å². The molecule has 0 atom stereocenters. The van der Waals surface area contributed by atoms with Gasteiger partial charge in [-0.15, -0.1) is 0 Å². The van der Waals surface area contributed by atoms with Gasteiger partial charge < -0.3 is 4.57 Å². The third-order valence-electron chi connectivity index (χ3n) is 4.92. The van der Waals surface area contributed by atoms with Gasteiger partial charge in [-0.1, -0.05) is 74.0 Å². The van der Waals surface area contributed by atoms with Crippen LogP contribution in [-0.2, 0) is 6.54 Å². The van der Waals surface area contributed by atoms with E-state index >= 15 is 0 Å². The van der Waals surface area contributed by atoms with Gasteiger partial charge in [-0.3, -0.25) is 0 Å². The molecule has 0 radical (unpaired) electrons. The highest BCUT2D eigenvalue weighted by atomic mass is 15.1. The Bertz CT molecular complexity index is 1040. The number of para-hydroxylation sites is 2. The Kier molecular flexibility index (Phi) is 4.34. The highest BCUT2D eigenvalue weighted by Crippen LogP contribution is 2.27. The summed E-state index contributed by atoms with van der Waals surface area (Å²) in [6, 6.07) is 25.9. The zero-order valence-corrected chi connectivity index (χ0v) is 15.6. The summed E-state index contributed by atoms with van der Waals surface area (Å²) >= 11 is 0. The van der Waals surface area contributed by atoms with Crippen molar-refractivity contribution in [2.75, 3.05) is 0 Å². The number of nitrogens with zero attached hydrogens (tertiary/aromatic N) is 2. The van der Waals surface area contributed by atoms with Crippen molar-refractivity contribution in [3.63, 3.8) is 0 Å². The van der Waals surface area contributed by atoms with Crippen LogP contribution in [0.25, 0.3) is 22.4 Å². The van der Waals surface area contributed by atoms with Crippen molar-refractivity contribution < 1.29 is 0 Å². The molecule has 4 rings (SSSR count). The van der Waals surface area contributed by atoms with Crippen LogP contribution < -0.4 is 0 Å². The van der Waals surface area contributed by atoms with Crippen LogP contribution in [-0.4, -0.2) is 9.55 Å². The summed E-state index contributed by atoms with van der Waals surface area (Å²) in [4.78, 5) is 4.93. The smallest absolute Gasteiger partial charge is 0.141 e. The number of hydrogen-bond acceptors (Lipinski definition) is 1. The quantitative estimate of drug-likeness (QED) is 0.433. The Balaban J connectivity index is 1.81. The fraction of sp³-hybridized carbons (Fsp3) is 0.208. The van der Waals surface area contributed by atoms with E-state index in [0.717, 1.165) is 17.9 Å². The van der Waals surface area contributed by atoms with Crippen LogP contribution in [0.3, 0.4) is 0 Å². The molecule has 1 heterocycles. The summed E-state index contributed by atoms with van der Waals surface area (Å²) in [7, 11) is 0. The number of rotatable bonds is 4. The fourth-order valence-corrected chi connectivity index (χ4v) is 3.43. The van der Waals surface area contributed by atoms with Crippen LogP contribution in [0, 0.1) is 6.92 Å². The molecule has 3 aromatic carbocycles. The molecule has 2 heteroatoms. The number of aromatic nitrogens is 2.